The molecule has 2 aromatic heterocycles. The zero-order valence-electron chi connectivity index (χ0n) is 12.1. The molecule has 0 radical (unpaired) electrons. The van der Waals surface area contributed by atoms with Gasteiger partial charge < -0.3 is 10.4 Å². The summed E-state index contributed by atoms with van der Waals surface area (Å²) in [6, 6.07) is 1.53. The largest absolute Gasteiger partial charge is 0.477 e. The number of rotatable bonds is 5. The van der Waals surface area contributed by atoms with Crippen LogP contribution in [0.25, 0.3) is 0 Å². The summed E-state index contributed by atoms with van der Waals surface area (Å²) in [5, 5.41) is 19.9. The highest BCUT2D eigenvalue weighted by Crippen LogP contribution is 2.14. The molecule has 1 atom stereocenters. The van der Waals surface area contributed by atoms with Crippen molar-refractivity contribution in [1.29, 1.82) is 0 Å². The molecule has 1 amide bonds. The minimum atomic E-state index is -1.19. The van der Waals surface area contributed by atoms with Gasteiger partial charge in [-0.15, -0.1) is 0 Å². The summed E-state index contributed by atoms with van der Waals surface area (Å²) in [5.41, 5.74) is 0.759. The minimum absolute atomic E-state index is 0.0411. The first kappa shape index (κ1) is 14.8. The average Bonchev–Trinajstić information content (AvgIpc) is 3.03. The molecule has 0 aliphatic heterocycles. The number of nitrogens with zero attached hydrogens (tertiary/aromatic N) is 4. The van der Waals surface area contributed by atoms with Crippen LogP contribution in [0, 0.1) is 0 Å². The maximum atomic E-state index is 12.2. The molecule has 0 fully saturated rings. The lowest BCUT2D eigenvalue weighted by Gasteiger charge is -2.15. The third-order valence-electron chi connectivity index (χ3n) is 3.23. The molecule has 1 unspecified atom stereocenters. The monoisotopic (exact) mass is 291 g/mol. The summed E-state index contributed by atoms with van der Waals surface area (Å²) in [6.07, 6.45) is 2.91. The van der Waals surface area contributed by atoms with Crippen molar-refractivity contribution in [2.75, 3.05) is 0 Å². The Bertz CT molecular complexity index is 673. The van der Waals surface area contributed by atoms with Gasteiger partial charge in [-0.05, 0) is 19.9 Å². The van der Waals surface area contributed by atoms with Crippen molar-refractivity contribution in [2.45, 2.75) is 26.4 Å². The molecule has 112 valence electrons. The summed E-state index contributed by atoms with van der Waals surface area (Å²) in [7, 11) is 1.48. The highest BCUT2D eigenvalue weighted by atomic mass is 16.4. The Hall–Kier alpha value is -2.64. The summed E-state index contributed by atoms with van der Waals surface area (Å²) < 4.78 is 2.94. The number of carboxylic acid groups (broad SMARTS) is 1. The van der Waals surface area contributed by atoms with Crippen LogP contribution in [-0.2, 0) is 13.6 Å². The average molecular weight is 291 g/mol. The lowest BCUT2D eigenvalue weighted by atomic mass is 10.2. The normalized spacial score (nSPS) is 12.1. The van der Waals surface area contributed by atoms with Crippen LogP contribution in [0.4, 0.5) is 0 Å². The molecule has 8 nitrogen and oxygen atoms in total. The topological polar surface area (TPSA) is 102 Å². The van der Waals surface area contributed by atoms with Crippen molar-refractivity contribution in [3.05, 3.63) is 35.4 Å². The van der Waals surface area contributed by atoms with Crippen molar-refractivity contribution in [1.82, 2.24) is 24.9 Å². The van der Waals surface area contributed by atoms with Crippen molar-refractivity contribution in [2.24, 2.45) is 7.05 Å². The third-order valence-corrected chi connectivity index (χ3v) is 3.23. The van der Waals surface area contributed by atoms with Crippen LogP contribution in [0.15, 0.2) is 18.5 Å². The molecule has 2 aromatic rings. The SMILES string of the molecule is CCn1nccc1C(C)NC(=O)c1cnn(C)c1C(=O)O. The quantitative estimate of drug-likeness (QED) is 0.849. The lowest BCUT2D eigenvalue weighted by molar-refractivity contribution is 0.0678. The zero-order valence-corrected chi connectivity index (χ0v) is 12.1. The van der Waals surface area contributed by atoms with E-state index in [1.54, 1.807) is 10.9 Å². The summed E-state index contributed by atoms with van der Waals surface area (Å²) >= 11 is 0. The predicted molar refractivity (Wildman–Crippen MR) is 73.9 cm³/mol. The van der Waals surface area contributed by atoms with Crippen molar-refractivity contribution in [3.8, 4) is 0 Å². The third kappa shape index (κ3) is 2.78. The van der Waals surface area contributed by atoms with E-state index in [2.05, 4.69) is 15.5 Å². The molecule has 0 aromatic carbocycles. The highest BCUT2D eigenvalue weighted by molar-refractivity contribution is 6.03. The Kier molecular flexibility index (Phi) is 4.06. The van der Waals surface area contributed by atoms with E-state index >= 15 is 0 Å². The van der Waals surface area contributed by atoms with Gasteiger partial charge in [0.25, 0.3) is 5.91 Å². The Morgan fingerprint density at radius 3 is 2.76 bits per heavy atom. The van der Waals surface area contributed by atoms with Crippen LogP contribution < -0.4 is 5.32 Å². The Morgan fingerprint density at radius 2 is 2.14 bits per heavy atom. The van der Waals surface area contributed by atoms with Gasteiger partial charge in [-0.25, -0.2) is 4.79 Å². The number of hydrogen-bond acceptors (Lipinski definition) is 4. The second-order valence-corrected chi connectivity index (χ2v) is 4.60. The second kappa shape index (κ2) is 5.78. The number of nitrogens with one attached hydrogen (secondary N) is 1. The standard InChI is InChI=1S/C13H17N5O3/c1-4-18-10(5-6-14-18)8(2)16-12(19)9-7-15-17(3)11(9)13(20)21/h5-8H,4H2,1-3H3,(H,16,19)(H,20,21). The number of hydrogen-bond donors (Lipinski definition) is 2. The zero-order chi connectivity index (χ0) is 15.6. The number of carboxylic acids is 1. The Morgan fingerprint density at radius 1 is 1.43 bits per heavy atom. The van der Waals surface area contributed by atoms with Gasteiger partial charge in [0, 0.05) is 19.8 Å². The molecule has 0 saturated heterocycles. The molecular weight excluding hydrogens is 274 g/mol. The molecule has 0 spiro atoms. The summed E-state index contributed by atoms with van der Waals surface area (Å²) in [5.74, 6) is -1.66. The van der Waals surface area contributed by atoms with E-state index in [0.29, 0.717) is 6.54 Å². The van der Waals surface area contributed by atoms with Gasteiger partial charge in [-0.2, -0.15) is 10.2 Å². The Balaban J connectivity index is 2.21. The highest BCUT2D eigenvalue weighted by Gasteiger charge is 2.23. The molecule has 0 aliphatic rings. The van der Waals surface area contributed by atoms with Gasteiger partial charge in [0.2, 0.25) is 0 Å². The van der Waals surface area contributed by atoms with Crippen LogP contribution in [0.3, 0.4) is 0 Å². The van der Waals surface area contributed by atoms with Crippen LogP contribution >= 0.6 is 0 Å². The van der Waals surface area contributed by atoms with E-state index in [4.69, 9.17) is 5.11 Å². The van der Waals surface area contributed by atoms with Crippen LogP contribution in [0.5, 0.6) is 0 Å². The number of aromatic nitrogens is 4. The lowest BCUT2D eigenvalue weighted by Crippen LogP contribution is -2.29. The van der Waals surface area contributed by atoms with E-state index < -0.39 is 11.9 Å². The molecule has 0 saturated carbocycles. The first-order valence-electron chi connectivity index (χ1n) is 6.53. The number of carbonyl (C=O) groups is 2. The van der Waals surface area contributed by atoms with Gasteiger partial charge >= 0.3 is 5.97 Å². The fourth-order valence-corrected chi connectivity index (χ4v) is 2.18. The minimum Gasteiger partial charge on any atom is -0.477 e. The fourth-order valence-electron chi connectivity index (χ4n) is 2.18. The predicted octanol–water partition coefficient (Wildman–Crippen LogP) is 0.826. The van der Waals surface area contributed by atoms with E-state index in [-0.39, 0.29) is 17.3 Å². The number of amides is 1. The van der Waals surface area contributed by atoms with Crippen molar-refractivity contribution in [3.63, 3.8) is 0 Å². The fraction of sp³-hybridized carbons (Fsp3) is 0.385. The van der Waals surface area contributed by atoms with Crippen LogP contribution in [-0.4, -0.2) is 36.5 Å². The van der Waals surface area contributed by atoms with Crippen molar-refractivity contribution >= 4 is 11.9 Å². The van der Waals surface area contributed by atoms with E-state index in [1.807, 2.05) is 19.9 Å². The van der Waals surface area contributed by atoms with Crippen molar-refractivity contribution < 1.29 is 14.7 Å². The van der Waals surface area contributed by atoms with Gasteiger partial charge in [0.05, 0.1) is 23.5 Å². The molecule has 8 heteroatoms. The molecule has 2 N–H and O–H groups in total. The van der Waals surface area contributed by atoms with Gasteiger partial charge in [-0.1, -0.05) is 0 Å². The molecule has 2 rings (SSSR count). The van der Waals surface area contributed by atoms with E-state index in [0.717, 1.165) is 10.4 Å². The number of aryl methyl sites for hydroxylation is 2. The number of carbonyl (C=O) groups excluding carboxylic acids is 1. The molecule has 2 heterocycles. The Labute approximate surface area is 121 Å². The van der Waals surface area contributed by atoms with Crippen LogP contribution in [0.1, 0.15) is 46.4 Å². The maximum absolute atomic E-state index is 12.2. The van der Waals surface area contributed by atoms with Gasteiger partial charge in [0.15, 0.2) is 5.69 Å². The van der Waals surface area contributed by atoms with E-state index in [1.165, 1.54) is 13.2 Å². The van der Waals surface area contributed by atoms with Crippen LogP contribution in [0.2, 0.25) is 0 Å². The number of aromatic carboxylic acids is 1. The first-order chi connectivity index (χ1) is 9.95. The second-order valence-electron chi connectivity index (χ2n) is 4.60. The summed E-state index contributed by atoms with van der Waals surface area (Å²) in [4.78, 5) is 23.4. The smallest absolute Gasteiger partial charge is 0.354 e. The van der Waals surface area contributed by atoms with Gasteiger partial charge in [-0.3, -0.25) is 14.2 Å². The molecule has 0 aliphatic carbocycles. The maximum Gasteiger partial charge on any atom is 0.354 e. The molecule has 21 heavy (non-hydrogen) atoms. The summed E-state index contributed by atoms with van der Waals surface area (Å²) in [6.45, 7) is 4.46. The van der Waals surface area contributed by atoms with E-state index in [9.17, 15) is 9.59 Å². The molecular formula is C13H17N5O3. The molecule has 0 bridgehead atoms. The van der Waals surface area contributed by atoms with Gasteiger partial charge in [0.1, 0.15) is 0 Å². The first-order valence-corrected chi connectivity index (χ1v) is 6.53.